The second-order valence-electron chi connectivity index (χ2n) is 7.63. The van der Waals surface area contributed by atoms with Crippen LogP contribution in [0.15, 0.2) is 34.1 Å². The maximum atomic E-state index is 11.7. The van der Waals surface area contributed by atoms with Crippen LogP contribution >= 0.6 is 12.0 Å². The molecule has 0 saturated carbocycles. The van der Waals surface area contributed by atoms with Crippen LogP contribution in [0.3, 0.4) is 0 Å². The maximum Gasteiger partial charge on any atom is 0.210 e. The fourth-order valence-corrected chi connectivity index (χ4v) is 5.52. The van der Waals surface area contributed by atoms with Crippen LogP contribution in [0.2, 0.25) is 0 Å². The Morgan fingerprint density at radius 1 is 1.10 bits per heavy atom. The molecule has 0 spiro atoms. The summed E-state index contributed by atoms with van der Waals surface area (Å²) in [4.78, 5) is -0.287. The van der Waals surface area contributed by atoms with E-state index in [9.17, 15) is 31.2 Å². The van der Waals surface area contributed by atoms with Crippen molar-refractivity contribution in [2.75, 3.05) is 12.3 Å². The molecule has 0 fully saturated rings. The van der Waals surface area contributed by atoms with Crippen molar-refractivity contribution in [3.63, 3.8) is 0 Å². The molecule has 0 amide bonds. The van der Waals surface area contributed by atoms with E-state index in [-0.39, 0.29) is 17.9 Å². The van der Waals surface area contributed by atoms with Gasteiger partial charge in [-0.3, -0.25) is 5.04 Å². The molecular formula is C18H19NO9S3-2. The summed E-state index contributed by atoms with van der Waals surface area (Å²) in [5.74, 6) is -0.508. The monoisotopic (exact) mass is 489 g/mol. The van der Waals surface area contributed by atoms with Gasteiger partial charge in [-0.05, 0) is 42.8 Å². The van der Waals surface area contributed by atoms with Crippen molar-refractivity contribution in [2.45, 2.75) is 42.4 Å². The van der Waals surface area contributed by atoms with Crippen LogP contribution in [0.25, 0.3) is 10.8 Å². The van der Waals surface area contributed by atoms with Gasteiger partial charge in [0.15, 0.2) is 5.71 Å². The average Bonchev–Trinajstić information content (AvgIpc) is 2.84. The van der Waals surface area contributed by atoms with E-state index in [1.54, 1.807) is 12.1 Å². The van der Waals surface area contributed by atoms with Gasteiger partial charge in [0.25, 0.3) is 0 Å². The summed E-state index contributed by atoms with van der Waals surface area (Å²) in [5.41, 5.74) is 1.69. The summed E-state index contributed by atoms with van der Waals surface area (Å²) < 4.78 is 74.3. The Balaban J connectivity index is 2.22. The van der Waals surface area contributed by atoms with E-state index in [2.05, 4.69) is 9.37 Å². The van der Waals surface area contributed by atoms with Gasteiger partial charge in [0.1, 0.15) is 16.7 Å². The van der Waals surface area contributed by atoms with E-state index >= 15 is 0 Å². The number of fused-ring (bicyclic) bond motifs is 3. The Morgan fingerprint density at radius 3 is 2.35 bits per heavy atom. The lowest BCUT2D eigenvalue weighted by atomic mass is 9.80. The van der Waals surface area contributed by atoms with Gasteiger partial charge in [-0.15, -0.1) is 0 Å². The van der Waals surface area contributed by atoms with Gasteiger partial charge >= 0.3 is 0 Å². The predicted molar refractivity (Wildman–Crippen MR) is 108 cm³/mol. The van der Waals surface area contributed by atoms with Crippen LogP contribution in [0.4, 0.5) is 5.69 Å². The summed E-state index contributed by atoms with van der Waals surface area (Å²) in [6, 6.07) is 5.84. The van der Waals surface area contributed by atoms with Gasteiger partial charge in [0.05, 0.1) is 32.5 Å². The Bertz CT molecular complexity index is 1280. The molecule has 0 bridgehead atoms. The molecule has 0 aliphatic carbocycles. The maximum absolute atomic E-state index is 11.7. The minimum absolute atomic E-state index is 0.113. The van der Waals surface area contributed by atoms with E-state index < -0.39 is 36.3 Å². The quantitative estimate of drug-likeness (QED) is 0.174. The largest absolute Gasteiger partial charge is 0.748 e. The Kier molecular flexibility index (Phi) is 6.53. The molecule has 2 aromatic rings. The highest BCUT2D eigenvalue weighted by Gasteiger charge is 2.44. The molecule has 170 valence electrons. The Morgan fingerprint density at radius 2 is 1.77 bits per heavy atom. The standard InChI is InChI=1S/C18H21NO9S3/c1-11-18(2,3)17-14-9-12(31(24,25)26)10-16(29-28-27-20)13(14)5-6-15(17)19(11)7-4-8-30(21,22)23/h5-6,9-10H,4,7-8H2,1-3H3,(H2-,20,21,22,23,24,25,26)/p-2. The lowest BCUT2D eigenvalue weighted by molar-refractivity contribution is -0.777. The van der Waals surface area contributed by atoms with Crippen LogP contribution in [0.1, 0.15) is 32.8 Å². The molecule has 0 radical (unpaired) electrons. The predicted octanol–water partition coefficient (Wildman–Crippen LogP) is 1.31. The molecule has 0 atom stereocenters. The molecule has 0 aromatic heterocycles. The van der Waals surface area contributed by atoms with Gasteiger partial charge in [-0.1, -0.05) is 0 Å². The van der Waals surface area contributed by atoms with Gasteiger partial charge in [0, 0.05) is 35.6 Å². The zero-order chi connectivity index (χ0) is 23.2. The highest BCUT2D eigenvalue weighted by atomic mass is 32.2. The molecule has 2 aromatic carbocycles. The minimum Gasteiger partial charge on any atom is -0.748 e. The molecule has 1 aliphatic rings. The van der Waals surface area contributed by atoms with Crippen LogP contribution in [-0.2, 0) is 35.0 Å². The normalized spacial score (nSPS) is 16.2. The lowest BCUT2D eigenvalue weighted by Crippen LogP contribution is -2.27. The molecule has 1 aliphatic heterocycles. The van der Waals surface area contributed by atoms with Crippen molar-refractivity contribution in [2.24, 2.45) is 0 Å². The van der Waals surface area contributed by atoms with Gasteiger partial charge in [0.2, 0.25) is 5.69 Å². The first-order valence-electron chi connectivity index (χ1n) is 9.03. The Hall–Kier alpha value is -1.58. The number of benzene rings is 2. The van der Waals surface area contributed by atoms with E-state index in [0.717, 1.165) is 17.3 Å². The minimum atomic E-state index is -4.81. The van der Waals surface area contributed by atoms with Crippen molar-refractivity contribution in [1.29, 1.82) is 0 Å². The molecule has 31 heavy (non-hydrogen) atoms. The number of hydrogen-bond acceptors (Lipinski definition) is 10. The van der Waals surface area contributed by atoms with Crippen molar-refractivity contribution < 1.29 is 45.1 Å². The van der Waals surface area contributed by atoms with Gasteiger partial charge in [-0.2, -0.15) is 8.91 Å². The third-order valence-electron chi connectivity index (χ3n) is 5.49. The summed E-state index contributed by atoms with van der Waals surface area (Å²) in [6.45, 7) is 5.94. The average molecular weight is 490 g/mol. The topological polar surface area (TPSA) is 159 Å². The fraction of sp³-hybridized carbons (Fsp3) is 0.389. The van der Waals surface area contributed by atoms with E-state index in [1.807, 2.05) is 25.3 Å². The van der Waals surface area contributed by atoms with Crippen molar-refractivity contribution in [1.82, 2.24) is 0 Å². The first-order chi connectivity index (χ1) is 14.3. The molecule has 0 saturated heterocycles. The SMILES string of the molecule is CC1=[N+](CCCS(=O)(=O)[O-])c2ccc3c(SOO[O-])cc(S(=O)(=O)[O-])cc3c2C1(C)C. The molecule has 1 heterocycles. The molecule has 13 heteroatoms. The zero-order valence-electron chi connectivity index (χ0n) is 16.8. The summed E-state index contributed by atoms with van der Waals surface area (Å²) in [5, 5.41) is 14.6. The van der Waals surface area contributed by atoms with Crippen LogP contribution in [0, 0.1) is 0 Å². The first-order valence-corrected chi connectivity index (χ1v) is 12.8. The van der Waals surface area contributed by atoms with Crippen LogP contribution < -0.4 is 5.26 Å². The second-order valence-corrected chi connectivity index (χ2v) is 11.3. The first kappa shape index (κ1) is 24.1. The molecule has 0 N–H and O–H groups in total. The van der Waals surface area contributed by atoms with Crippen molar-refractivity contribution >= 4 is 54.5 Å². The Labute approximate surface area is 184 Å². The van der Waals surface area contributed by atoms with Gasteiger partial charge < -0.3 is 14.4 Å². The van der Waals surface area contributed by atoms with Crippen molar-refractivity contribution in [3.05, 3.63) is 29.8 Å². The molecule has 3 rings (SSSR count). The summed E-state index contributed by atoms with van der Waals surface area (Å²) in [6.07, 6.45) is 0.113. The molecule has 10 nitrogen and oxygen atoms in total. The fourth-order valence-electron chi connectivity index (χ4n) is 3.90. The van der Waals surface area contributed by atoms with E-state index in [1.165, 1.54) is 6.07 Å². The van der Waals surface area contributed by atoms with E-state index in [0.29, 0.717) is 28.5 Å². The summed E-state index contributed by atoms with van der Waals surface area (Å²) in [7, 11) is -9.17. The summed E-state index contributed by atoms with van der Waals surface area (Å²) >= 11 is 0.484. The second kappa shape index (κ2) is 8.41. The highest BCUT2D eigenvalue weighted by molar-refractivity contribution is 7.94. The molecule has 0 unspecified atom stereocenters. The lowest BCUT2D eigenvalue weighted by Gasteiger charge is -2.19. The molecular weight excluding hydrogens is 470 g/mol. The van der Waals surface area contributed by atoms with Crippen LogP contribution in [-0.4, -0.2) is 48.5 Å². The third-order valence-corrected chi connectivity index (χ3v) is 7.73. The zero-order valence-corrected chi connectivity index (χ0v) is 19.2. The number of hydrogen-bond donors (Lipinski definition) is 0. The third kappa shape index (κ3) is 4.78. The number of nitrogens with zero attached hydrogens (tertiary/aromatic N) is 1. The number of rotatable bonds is 8. The van der Waals surface area contributed by atoms with E-state index in [4.69, 9.17) is 0 Å². The van der Waals surface area contributed by atoms with Crippen molar-refractivity contribution in [3.8, 4) is 0 Å². The van der Waals surface area contributed by atoms with Crippen LogP contribution in [0.5, 0.6) is 0 Å². The van der Waals surface area contributed by atoms with Gasteiger partial charge in [-0.25, -0.2) is 16.8 Å². The highest BCUT2D eigenvalue weighted by Crippen LogP contribution is 2.46. The smallest absolute Gasteiger partial charge is 0.210 e.